The molecule has 3 rings (SSSR count). The van der Waals surface area contributed by atoms with Gasteiger partial charge in [-0.15, -0.1) is 0 Å². The maximum absolute atomic E-state index is 10.4. The third kappa shape index (κ3) is 3.39. The first-order chi connectivity index (χ1) is 10.8. The fraction of sp³-hybridized carbons (Fsp3) is 0.667. The van der Waals surface area contributed by atoms with Crippen molar-refractivity contribution >= 4 is 12.6 Å². The molecule has 3 nitrogen and oxygen atoms in total. The van der Waals surface area contributed by atoms with Gasteiger partial charge in [0.25, 0.3) is 0 Å². The van der Waals surface area contributed by atoms with Crippen molar-refractivity contribution in [2.24, 2.45) is 5.90 Å². The van der Waals surface area contributed by atoms with Crippen LogP contribution in [0.1, 0.15) is 87.2 Å². The summed E-state index contributed by atoms with van der Waals surface area (Å²) >= 11 is 0. The number of nitrogens with two attached hydrogens (primary N) is 1. The van der Waals surface area contributed by atoms with Gasteiger partial charge in [-0.1, -0.05) is 56.7 Å². The van der Waals surface area contributed by atoms with Crippen molar-refractivity contribution in [3.05, 3.63) is 29.3 Å². The molecule has 0 aliphatic heterocycles. The van der Waals surface area contributed by atoms with Gasteiger partial charge in [-0.3, -0.25) is 0 Å². The van der Waals surface area contributed by atoms with Crippen LogP contribution in [0.25, 0.3) is 0 Å². The summed E-state index contributed by atoms with van der Waals surface area (Å²) in [7, 11) is -0.991. The molecular weight excluding hydrogens is 273 g/mol. The Kier molecular flexibility index (Phi) is 5.56. The molecule has 4 heteroatoms. The van der Waals surface area contributed by atoms with Gasteiger partial charge in [0.1, 0.15) is 0 Å². The second-order valence-corrected chi connectivity index (χ2v) is 7.01. The van der Waals surface area contributed by atoms with E-state index in [1.54, 1.807) is 0 Å². The number of hydrogen-bond acceptors (Lipinski definition) is 3. The van der Waals surface area contributed by atoms with Crippen LogP contribution in [-0.4, -0.2) is 12.1 Å². The van der Waals surface area contributed by atoms with Gasteiger partial charge in [-0.05, 0) is 54.1 Å². The molecule has 0 saturated heterocycles. The maximum atomic E-state index is 10.4. The van der Waals surface area contributed by atoms with Gasteiger partial charge in [0.2, 0.25) is 0 Å². The second kappa shape index (κ2) is 7.63. The molecule has 0 radical (unpaired) electrons. The predicted molar refractivity (Wildman–Crippen MR) is 91.0 cm³/mol. The van der Waals surface area contributed by atoms with Crippen LogP contribution in [0.4, 0.5) is 0 Å². The Morgan fingerprint density at radius 1 is 0.864 bits per heavy atom. The number of rotatable bonds is 4. The Balaban J connectivity index is 1.97. The van der Waals surface area contributed by atoms with Crippen molar-refractivity contribution in [3.8, 4) is 0 Å². The molecule has 0 bridgehead atoms. The Morgan fingerprint density at radius 3 is 1.73 bits per heavy atom. The Bertz CT molecular complexity index is 446. The molecule has 0 unspecified atom stereocenters. The highest BCUT2D eigenvalue weighted by molar-refractivity contribution is 6.61. The summed E-state index contributed by atoms with van der Waals surface area (Å²) < 4.78 is 4.85. The van der Waals surface area contributed by atoms with E-state index in [4.69, 9.17) is 10.7 Å². The van der Waals surface area contributed by atoms with Crippen LogP contribution >= 0.6 is 0 Å². The van der Waals surface area contributed by atoms with Gasteiger partial charge in [-0.25, -0.2) is 5.90 Å². The van der Waals surface area contributed by atoms with E-state index in [-0.39, 0.29) is 0 Å². The molecule has 2 fully saturated rings. The lowest BCUT2D eigenvalue weighted by atomic mass is 9.65. The number of benzene rings is 1. The average molecular weight is 301 g/mol. The van der Waals surface area contributed by atoms with E-state index in [2.05, 4.69) is 18.2 Å². The van der Waals surface area contributed by atoms with Crippen LogP contribution < -0.4 is 11.4 Å². The predicted octanol–water partition coefficient (Wildman–Crippen LogP) is 3.36. The third-order valence-corrected chi connectivity index (χ3v) is 5.64. The first-order valence-electron chi connectivity index (χ1n) is 8.97. The topological polar surface area (TPSA) is 55.5 Å². The first kappa shape index (κ1) is 16.0. The summed E-state index contributed by atoms with van der Waals surface area (Å²) in [6.45, 7) is 0. The first-order valence-corrected chi connectivity index (χ1v) is 8.97. The molecule has 3 N–H and O–H groups in total. The van der Waals surface area contributed by atoms with E-state index < -0.39 is 7.12 Å². The number of hydrogen-bond donors (Lipinski definition) is 2. The van der Waals surface area contributed by atoms with E-state index in [1.807, 2.05) is 0 Å². The van der Waals surface area contributed by atoms with Crippen LogP contribution in [0.5, 0.6) is 0 Å². The maximum Gasteiger partial charge on any atom is 0.508 e. The zero-order valence-corrected chi connectivity index (χ0v) is 13.5. The molecule has 1 aromatic carbocycles. The van der Waals surface area contributed by atoms with Gasteiger partial charge < -0.3 is 9.78 Å². The molecule has 2 aliphatic rings. The summed E-state index contributed by atoms with van der Waals surface area (Å²) in [6, 6.07) is 6.53. The van der Waals surface area contributed by atoms with Crippen LogP contribution in [0.15, 0.2) is 18.2 Å². The molecule has 0 spiro atoms. The molecule has 0 aromatic heterocycles. The molecule has 1 aromatic rings. The molecule has 2 saturated carbocycles. The summed E-state index contributed by atoms with van der Waals surface area (Å²) in [5.41, 5.74) is 3.53. The smallest absolute Gasteiger partial charge is 0.422 e. The highest BCUT2D eigenvalue weighted by atomic mass is 16.6. The zero-order chi connectivity index (χ0) is 15.4. The summed E-state index contributed by atoms with van der Waals surface area (Å²) in [5.74, 6) is 6.46. The molecule has 120 valence electrons. The SMILES string of the molecule is NOB(O)c1c(C2CCCCC2)cccc1C1CCCCC1. The van der Waals surface area contributed by atoms with Crippen molar-refractivity contribution in [1.82, 2.24) is 0 Å². The van der Waals surface area contributed by atoms with Crippen LogP contribution in [0.3, 0.4) is 0 Å². The molecule has 22 heavy (non-hydrogen) atoms. The monoisotopic (exact) mass is 301 g/mol. The van der Waals surface area contributed by atoms with E-state index in [0.717, 1.165) is 5.46 Å². The molecule has 2 aliphatic carbocycles. The average Bonchev–Trinajstić information content (AvgIpc) is 2.62. The standard InChI is InChI=1S/C18H28BNO2/c20-22-19(21)18-16(14-8-3-1-4-9-14)12-7-13-17(18)15-10-5-2-6-11-15/h7,12-15,21H,1-6,8-11,20H2. The van der Waals surface area contributed by atoms with Gasteiger partial charge in [0.05, 0.1) is 0 Å². The van der Waals surface area contributed by atoms with Crippen molar-refractivity contribution in [1.29, 1.82) is 0 Å². The van der Waals surface area contributed by atoms with Crippen molar-refractivity contribution < 1.29 is 9.78 Å². The van der Waals surface area contributed by atoms with Crippen LogP contribution in [0.2, 0.25) is 0 Å². The van der Waals surface area contributed by atoms with Crippen molar-refractivity contribution in [3.63, 3.8) is 0 Å². The lowest BCUT2D eigenvalue weighted by molar-refractivity contribution is 0.280. The lowest BCUT2D eigenvalue weighted by Crippen LogP contribution is -2.42. The van der Waals surface area contributed by atoms with Crippen molar-refractivity contribution in [2.45, 2.75) is 76.0 Å². The van der Waals surface area contributed by atoms with E-state index >= 15 is 0 Å². The minimum Gasteiger partial charge on any atom is -0.422 e. The molecule has 0 heterocycles. The van der Waals surface area contributed by atoms with Gasteiger partial charge in [0, 0.05) is 0 Å². The molecule has 0 atom stereocenters. The highest BCUT2D eigenvalue weighted by Gasteiger charge is 2.30. The quantitative estimate of drug-likeness (QED) is 0.662. The second-order valence-electron chi connectivity index (χ2n) is 7.01. The highest BCUT2D eigenvalue weighted by Crippen LogP contribution is 2.36. The Morgan fingerprint density at radius 2 is 1.32 bits per heavy atom. The fourth-order valence-corrected chi connectivity index (χ4v) is 4.49. The fourth-order valence-electron chi connectivity index (χ4n) is 4.49. The zero-order valence-electron chi connectivity index (χ0n) is 13.5. The van der Waals surface area contributed by atoms with Gasteiger partial charge >= 0.3 is 7.12 Å². The summed E-state index contributed by atoms with van der Waals surface area (Å²) in [5, 5.41) is 10.4. The largest absolute Gasteiger partial charge is 0.508 e. The third-order valence-electron chi connectivity index (χ3n) is 5.64. The van der Waals surface area contributed by atoms with E-state index in [1.165, 1.54) is 75.3 Å². The Hall–Kier alpha value is -0.835. The van der Waals surface area contributed by atoms with E-state index in [9.17, 15) is 5.02 Å². The minimum atomic E-state index is -0.991. The Labute approximate surface area is 134 Å². The normalized spacial score (nSPS) is 21.0. The summed E-state index contributed by atoms with van der Waals surface area (Å²) in [6.07, 6.45) is 12.7. The van der Waals surface area contributed by atoms with Gasteiger partial charge in [0.15, 0.2) is 0 Å². The molecular formula is C18H28BNO2. The van der Waals surface area contributed by atoms with E-state index in [0.29, 0.717) is 11.8 Å². The lowest BCUT2D eigenvalue weighted by Gasteiger charge is -2.30. The van der Waals surface area contributed by atoms with Crippen molar-refractivity contribution in [2.75, 3.05) is 0 Å². The van der Waals surface area contributed by atoms with Gasteiger partial charge in [-0.2, -0.15) is 0 Å². The summed E-state index contributed by atoms with van der Waals surface area (Å²) in [4.78, 5) is 0. The van der Waals surface area contributed by atoms with Crippen LogP contribution in [-0.2, 0) is 4.76 Å². The van der Waals surface area contributed by atoms with Crippen LogP contribution in [0, 0.1) is 0 Å². The molecule has 0 amide bonds. The minimum absolute atomic E-state index is 0.553.